The number of ether oxygens (including phenoxy) is 1. The number of nitrogens with two attached hydrogens (primary N) is 1. The molecule has 0 bridgehead atoms. The minimum Gasteiger partial charge on any atom is -0.387 e. The van der Waals surface area contributed by atoms with Crippen molar-refractivity contribution in [3.63, 3.8) is 0 Å². The van der Waals surface area contributed by atoms with E-state index < -0.39 is 5.60 Å². The van der Waals surface area contributed by atoms with Gasteiger partial charge in [-0.15, -0.1) is 0 Å². The molecule has 3 atom stereocenters. The molecule has 0 spiro atoms. The first kappa shape index (κ1) is 12.3. The average Bonchev–Trinajstić information content (AvgIpc) is 2.77. The Labute approximate surface area is 98.4 Å². The van der Waals surface area contributed by atoms with Gasteiger partial charge in [-0.2, -0.15) is 0 Å². The Balaban J connectivity index is 2.17. The van der Waals surface area contributed by atoms with Crippen molar-refractivity contribution in [1.29, 1.82) is 0 Å². The molecule has 1 aliphatic carbocycles. The van der Waals surface area contributed by atoms with Crippen LogP contribution in [0.2, 0.25) is 0 Å². The lowest BCUT2D eigenvalue weighted by Crippen LogP contribution is -2.55. The van der Waals surface area contributed by atoms with Gasteiger partial charge in [0.2, 0.25) is 0 Å². The average molecular weight is 227 g/mol. The Kier molecular flexibility index (Phi) is 3.57. The zero-order chi connectivity index (χ0) is 11.6. The topological polar surface area (TPSA) is 55.5 Å². The molecule has 16 heavy (non-hydrogen) atoms. The van der Waals surface area contributed by atoms with E-state index in [1.807, 2.05) is 0 Å². The molecule has 1 saturated heterocycles. The monoisotopic (exact) mass is 227 g/mol. The summed E-state index contributed by atoms with van der Waals surface area (Å²) in [6, 6.07) is 0. The maximum Gasteiger partial charge on any atom is 0.0969 e. The Morgan fingerprint density at radius 1 is 1.44 bits per heavy atom. The van der Waals surface area contributed by atoms with Gasteiger partial charge in [-0.3, -0.25) is 0 Å². The summed E-state index contributed by atoms with van der Waals surface area (Å²) in [4.78, 5) is 0. The third-order valence-electron chi connectivity index (χ3n) is 4.90. The van der Waals surface area contributed by atoms with E-state index in [-0.39, 0.29) is 5.41 Å². The summed E-state index contributed by atoms with van der Waals surface area (Å²) in [7, 11) is 0. The van der Waals surface area contributed by atoms with Gasteiger partial charge in [-0.25, -0.2) is 0 Å². The Hall–Kier alpha value is -0.120. The summed E-state index contributed by atoms with van der Waals surface area (Å²) < 4.78 is 5.40. The number of rotatable bonds is 3. The summed E-state index contributed by atoms with van der Waals surface area (Å²) in [5.41, 5.74) is 5.27. The summed E-state index contributed by atoms with van der Waals surface area (Å²) in [5.74, 6) is 0.738. The van der Waals surface area contributed by atoms with Gasteiger partial charge in [0.15, 0.2) is 0 Å². The maximum atomic E-state index is 10.8. The van der Waals surface area contributed by atoms with Gasteiger partial charge in [0.1, 0.15) is 0 Å². The molecule has 0 aromatic heterocycles. The molecule has 0 aromatic carbocycles. The van der Waals surface area contributed by atoms with E-state index in [1.54, 1.807) is 0 Å². The van der Waals surface area contributed by atoms with E-state index in [4.69, 9.17) is 10.5 Å². The molecule has 3 N–H and O–H groups in total. The first-order valence-electron chi connectivity index (χ1n) is 6.66. The Bertz CT molecular complexity index is 238. The predicted octanol–water partition coefficient (Wildman–Crippen LogP) is 1.68. The fourth-order valence-corrected chi connectivity index (χ4v) is 3.60. The first-order valence-corrected chi connectivity index (χ1v) is 6.66. The van der Waals surface area contributed by atoms with E-state index in [9.17, 15) is 5.11 Å². The quantitative estimate of drug-likeness (QED) is 0.771. The van der Waals surface area contributed by atoms with Gasteiger partial charge in [-0.05, 0) is 18.8 Å². The third-order valence-corrected chi connectivity index (χ3v) is 4.90. The van der Waals surface area contributed by atoms with Crippen LogP contribution < -0.4 is 5.73 Å². The molecule has 1 saturated carbocycles. The van der Waals surface area contributed by atoms with Crippen molar-refractivity contribution in [2.45, 2.75) is 51.0 Å². The minimum atomic E-state index is -0.657. The van der Waals surface area contributed by atoms with Crippen LogP contribution in [0.4, 0.5) is 0 Å². The van der Waals surface area contributed by atoms with Crippen molar-refractivity contribution in [2.75, 3.05) is 19.8 Å². The van der Waals surface area contributed by atoms with E-state index in [0.29, 0.717) is 19.8 Å². The first-order chi connectivity index (χ1) is 7.66. The maximum absolute atomic E-state index is 10.8. The molecule has 2 rings (SSSR count). The van der Waals surface area contributed by atoms with Crippen LogP contribution in [0, 0.1) is 11.3 Å². The van der Waals surface area contributed by atoms with Gasteiger partial charge >= 0.3 is 0 Å². The smallest absolute Gasteiger partial charge is 0.0969 e. The lowest BCUT2D eigenvalue weighted by atomic mass is 9.60. The van der Waals surface area contributed by atoms with E-state index in [1.165, 1.54) is 19.3 Å². The molecule has 0 radical (unpaired) electrons. The van der Waals surface area contributed by atoms with Gasteiger partial charge < -0.3 is 15.6 Å². The molecule has 3 nitrogen and oxygen atoms in total. The van der Waals surface area contributed by atoms with E-state index in [2.05, 4.69) is 6.92 Å². The molecule has 0 aromatic rings. The molecular formula is C13H25NO2. The van der Waals surface area contributed by atoms with Gasteiger partial charge in [-0.1, -0.05) is 26.2 Å². The van der Waals surface area contributed by atoms with Gasteiger partial charge in [0.05, 0.1) is 12.2 Å². The molecule has 0 amide bonds. The summed E-state index contributed by atoms with van der Waals surface area (Å²) in [6.45, 7) is 4.02. The number of hydrogen-bond acceptors (Lipinski definition) is 3. The van der Waals surface area contributed by atoms with Crippen LogP contribution in [0.15, 0.2) is 0 Å². The van der Waals surface area contributed by atoms with E-state index in [0.717, 1.165) is 25.2 Å². The second-order valence-corrected chi connectivity index (χ2v) is 5.69. The van der Waals surface area contributed by atoms with Gasteiger partial charge in [0.25, 0.3) is 0 Å². The largest absolute Gasteiger partial charge is 0.387 e. The summed E-state index contributed by atoms with van der Waals surface area (Å²) >= 11 is 0. The van der Waals surface area contributed by atoms with Crippen molar-refractivity contribution >= 4 is 0 Å². The fourth-order valence-electron chi connectivity index (χ4n) is 3.60. The SMILES string of the molecule is CCC1CCCC(CN)(C2(O)CCOC2)C1. The Morgan fingerprint density at radius 2 is 2.25 bits per heavy atom. The zero-order valence-corrected chi connectivity index (χ0v) is 10.4. The Morgan fingerprint density at radius 3 is 2.81 bits per heavy atom. The van der Waals surface area contributed by atoms with Crippen molar-refractivity contribution in [3.05, 3.63) is 0 Å². The highest BCUT2D eigenvalue weighted by atomic mass is 16.5. The molecule has 2 fully saturated rings. The number of aliphatic hydroxyl groups is 1. The highest BCUT2D eigenvalue weighted by Gasteiger charge is 2.52. The molecule has 3 heteroatoms. The minimum absolute atomic E-state index is 0.0809. The normalized spacial score (nSPS) is 44.8. The summed E-state index contributed by atoms with van der Waals surface area (Å²) in [6.07, 6.45) is 6.63. The standard InChI is InChI=1S/C13H25NO2/c1-2-11-4-3-5-12(8-11,9-14)13(15)6-7-16-10-13/h11,15H,2-10,14H2,1H3. The second kappa shape index (κ2) is 4.63. The molecule has 2 aliphatic rings. The zero-order valence-electron chi connectivity index (χ0n) is 10.4. The lowest BCUT2D eigenvalue weighted by Gasteiger charge is -2.49. The van der Waals surface area contributed by atoms with Crippen LogP contribution in [0.1, 0.15) is 45.4 Å². The van der Waals surface area contributed by atoms with Crippen molar-refractivity contribution in [3.8, 4) is 0 Å². The van der Waals surface area contributed by atoms with Crippen LogP contribution in [0.5, 0.6) is 0 Å². The number of hydrogen-bond donors (Lipinski definition) is 2. The molecule has 1 aliphatic heterocycles. The molecular weight excluding hydrogens is 202 g/mol. The van der Waals surface area contributed by atoms with Crippen molar-refractivity contribution in [1.82, 2.24) is 0 Å². The van der Waals surface area contributed by atoms with Gasteiger partial charge in [0, 0.05) is 25.0 Å². The molecule has 94 valence electrons. The van der Waals surface area contributed by atoms with Crippen LogP contribution >= 0.6 is 0 Å². The highest BCUT2D eigenvalue weighted by molar-refractivity contribution is 5.04. The second-order valence-electron chi connectivity index (χ2n) is 5.69. The van der Waals surface area contributed by atoms with Crippen molar-refractivity contribution < 1.29 is 9.84 Å². The molecule has 1 heterocycles. The highest BCUT2D eigenvalue weighted by Crippen LogP contribution is 2.49. The summed E-state index contributed by atoms with van der Waals surface area (Å²) in [5, 5.41) is 10.8. The van der Waals surface area contributed by atoms with Crippen LogP contribution in [-0.4, -0.2) is 30.5 Å². The van der Waals surface area contributed by atoms with E-state index >= 15 is 0 Å². The lowest BCUT2D eigenvalue weighted by molar-refractivity contribution is -0.109. The predicted molar refractivity (Wildman–Crippen MR) is 64.1 cm³/mol. The van der Waals surface area contributed by atoms with Crippen LogP contribution in [0.3, 0.4) is 0 Å². The third kappa shape index (κ3) is 1.89. The van der Waals surface area contributed by atoms with Crippen LogP contribution in [0.25, 0.3) is 0 Å². The fraction of sp³-hybridized carbons (Fsp3) is 1.00. The molecule has 3 unspecified atom stereocenters. The van der Waals surface area contributed by atoms with Crippen molar-refractivity contribution in [2.24, 2.45) is 17.1 Å². The van der Waals surface area contributed by atoms with Crippen LogP contribution in [-0.2, 0) is 4.74 Å².